The summed E-state index contributed by atoms with van der Waals surface area (Å²) in [7, 11) is 0. The van der Waals surface area contributed by atoms with Crippen molar-refractivity contribution >= 4 is 5.82 Å². The maximum Gasteiger partial charge on any atom is 0.146 e. The number of piperidine rings is 1. The molecule has 5 heteroatoms. The molecule has 0 radical (unpaired) electrons. The lowest BCUT2D eigenvalue weighted by Gasteiger charge is -2.31. The SMILES string of the molecule is Nc1ccc(CN2CCC(Cc3cccnc3)CC2)nn1. The Morgan fingerprint density at radius 3 is 2.67 bits per heavy atom. The molecule has 0 unspecified atom stereocenters. The summed E-state index contributed by atoms with van der Waals surface area (Å²) in [6.45, 7) is 3.11. The fraction of sp³-hybridized carbons (Fsp3) is 0.438. The molecule has 2 aromatic rings. The third-order valence-corrected chi connectivity index (χ3v) is 4.08. The van der Waals surface area contributed by atoms with Crippen molar-refractivity contribution in [2.45, 2.75) is 25.8 Å². The van der Waals surface area contributed by atoms with E-state index in [4.69, 9.17) is 5.73 Å². The van der Waals surface area contributed by atoms with E-state index in [0.29, 0.717) is 5.82 Å². The minimum Gasteiger partial charge on any atom is -0.382 e. The van der Waals surface area contributed by atoms with Crippen molar-refractivity contribution in [1.29, 1.82) is 0 Å². The molecule has 0 amide bonds. The normalized spacial score (nSPS) is 17.0. The summed E-state index contributed by atoms with van der Waals surface area (Å²) >= 11 is 0. The van der Waals surface area contributed by atoms with E-state index in [-0.39, 0.29) is 0 Å². The van der Waals surface area contributed by atoms with Crippen molar-refractivity contribution < 1.29 is 0 Å². The average molecular weight is 283 g/mol. The minimum absolute atomic E-state index is 0.480. The van der Waals surface area contributed by atoms with Crippen molar-refractivity contribution in [3.8, 4) is 0 Å². The largest absolute Gasteiger partial charge is 0.382 e. The summed E-state index contributed by atoms with van der Waals surface area (Å²) in [6, 6.07) is 7.97. The van der Waals surface area contributed by atoms with Crippen LogP contribution in [0.5, 0.6) is 0 Å². The Labute approximate surface area is 125 Å². The molecule has 0 spiro atoms. The number of hydrogen-bond donors (Lipinski definition) is 1. The second-order valence-electron chi connectivity index (χ2n) is 5.73. The number of pyridine rings is 1. The zero-order valence-corrected chi connectivity index (χ0v) is 12.2. The maximum absolute atomic E-state index is 5.56. The van der Waals surface area contributed by atoms with Crippen molar-refractivity contribution in [2.24, 2.45) is 5.92 Å². The number of hydrogen-bond acceptors (Lipinski definition) is 5. The molecule has 0 aromatic carbocycles. The van der Waals surface area contributed by atoms with Gasteiger partial charge in [-0.3, -0.25) is 9.88 Å². The van der Waals surface area contributed by atoms with Gasteiger partial charge in [0, 0.05) is 18.9 Å². The van der Waals surface area contributed by atoms with Crippen LogP contribution in [0.4, 0.5) is 5.82 Å². The molecule has 1 aliphatic heterocycles. The van der Waals surface area contributed by atoms with Gasteiger partial charge in [0.05, 0.1) is 5.69 Å². The molecule has 3 rings (SSSR count). The van der Waals surface area contributed by atoms with Crippen LogP contribution in [0.2, 0.25) is 0 Å². The van der Waals surface area contributed by atoms with Gasteiger partial charge in [0.2, 0.25) is 0 Å². The molecule has 1 aliphatic rings. The maximum atomic E-state index is 5.56. The Balaban J connectivity index is 1.47. The Bertz CT molecular complexity index is 547. The standard InChI is InChI=1S/C16H21N5/c17-16-4-3-15(19-20-16)12-21-8-5-13(6-9-21)10-14-2-1-7-18-11-14/h1-4,7,11,13H,5-6,8-10,12H2,(H2,17,20). The lowest BCUT2D eigenvalue weighted by atomic mass is 9.91. The van der Waals surface area contributed by atoms with E-state index in [1.165, 1.54) is 18.4 Å². The minimum atomic E-state index is 0.480. The fourth-order valence-corrected chi connectivity index (χ4v) is 2.88. The first-order chi connectivity index (χ1) is 10.3. The first kappa shape index (κ1) is 13.9. The van der Waals surface area contributed by atoms with E-state index in [1.54, 1.807) is 0 Å². The van der Waals surface area contributed by atoms with Crippen molar-refractivity contribution in [3.63, 3.8) is 0 Å². The van der Waals surface area contributed by atoms with E-state index in [0.717, 1.165) is 37.7 Å². The van der Waals surface area contributed by atoms with Crippen LogP contribution in [0.3, 0.4) is 0 Å². The quantitative estimate of drug-likeness (QED) is 0.928. The number of anilines is 1. The van der Waals surface area contributed by atoms with E-state index >= 15 is 0 Å². The third-order valence-electron chi connectivity index (χ3n) is 4.08. The molecule has 0 atom stereocenters. The molecule has 3 heterocycles. The van der Waals surface area contributed by atoms with E-state index in [1.807, 2.05) is 30.6 Å². The first-order valence-corrected chi connectivity index (χ1v) is 7.49. The van der Waals surface area contributed by atoms with Gasteiger partial charge in [-0.1, -0.05) is 6.07 Å². The number of aromatic nitrogens is 3. The number of likely N-dealkylation sites (tertiary alicyclic amines) is 1. The van der Waals surface area contributed by atoms with Gasteiger partial charge >= 0.3 is 0 Å². The van der Waals surface area contributed by atoms with Crippen molar-refractivity contribution in [2.75, 3.05) is 18.8 Å². The second-order valence-corrected chi connectivity index (χ2v) is 5.73. The number of nitrogens with two attached hydrogens (primary N) is 1. The molecule has 110 valence electrons. The molecule has 0 aliphatic carbocycles. The second kappa shape index (κ2) is 6.63. The molecule has 21 heavy (non-hydrogen) atoms. The highest BCUT2D eigenvalue weighted by atomic mass is 15.2. The Morgan fingerprint density at radius 2 is 2.00 bits per heavy atom. The first-order valence-electron chi connectivity index (χ1n) is 7.49. The monoisotopic (exact) mass is 283 g/mol. The van der Waals surface area contributed by atoms with Gasteiger partial charge in [-0.05, 0) is 62.0 Å². The van der Waals surface area contributed by atoms with Crippen LogP contribution in [0.15, 0.2) is 36.7 Å². The molecule has 1 saturated heterocycles. The third kappa shape index (κ3) is 3.98. The molecular formula is C16H21N5. The smallest absolute Gasteiger partial charge is 0.146 e. The zero-order valence-electron chi connectivity index (χ0n) is 12.2. The highest BCUT2D eigenvalue weighted by Gasteiger charge is 2.19. The van der Waals surface area contributed by atoms with Gasteiger partial charge in [-0.25, -0.2) is 0 Å². The van der Waals surface area contributed by atoms with Crippen LogP contribution in [0.1, 0.15) is 24.1 Å². The molecule has 5 nitrogen and oxygen atoms in total. The van der Waals surface area contributed by atoms with E-state index < -0.39 is 0 Å². The van der Waals surface area contributed by atoms with Crippen LogP contribution < -0.4 is 5.73 Å². The molecule has 2 N–H and O–H groups in total. The van der Waals surface area contributed by atoms with E-state index in [9.17, 15) is 0 Å². The zero-order chi connectivity index (χ0) is 14.5. The summed E-state index contributed by atoms with van der Waals surface area (Å²) in [4.78, 5) is 6.64. The molecule has 2 aromatic heterocycles. The van der Waals surface area contributed by atoms with Gasteiger partial charge < -0.3 is 5.73 Å². The summed E-state index contributed by atoms with van der Waals surface area (Å²) in [5.41, 5.74) is 7.90. The highest BCUT2D eigenvalue weighted by molar-refractivity contribution is 5.25. The topological polar surface area (TPSA) is 67.9 Å². The summed E-state index contributed by atoms with van der Waals surface area (Å²) in [5.74, 6) is 1.25. The van der Waals surface area contributed by atoms with Gasteiger partial charge in [-0.15, -0.1) is 5.10 Å². The summed E-state index contributed by atoms with van der Waals surface area (Å²) < 4.78 is 0. The molecule has 1 fully saturated rings. The van der Waals surface area contributed by atoms with Crippen LogP contribution >= 0.6 is 0 Å². The molecular weight excluding hydrogens is 262 g/mol. The number of nitrogens with zero attached hydrogens (tertiary/aromatic N) is 4. The lowest BCUT2D eigenvalue weighted by Crippen LogP contribution is -2.34. The van der Waals surface area contributed by atoms with Gasteiger partial charge in [0.1, 0.15) is 5.82 Å². The number of nitrogen functional groups attached to an aromatic ring is 1. The Morgan fingerprint density at radius 1 is 1.14 bits per heavy atom. The predicted molar refractivity (Wildman–Crippen MR) is 82.4 cm³/mol. The Hall–Kier alpha value is -2.01. The van der Waals surface area contributed by atoms with Crippen molar-refractivity contribution in [3.05, 3.63) is 47.9 Å². The van der Waals surface area contributed by atoms with Crippen LogP contribution in [-0.2, 0) is 13.0 Å². The lowest BCUT2D eigenvalue weighted by molar-refractivity contribution is 0.175. The van der Waals surface area contributed by atoms with Crippen LogP contribution in [0.25, 0.3) is 0 Å². The van der Waals surface area contributed by atoms with Crippen molar-refractivity contribution in [1.82, 2.24) is 20.1 Å². The molecule has 0 bridgehead atoms. The summed E-state index contributed by atoms with van der Waals surface area (Å²) in [5, 5.41) is 8.04. The number of rotatable bonds is 4. The van der Waals surface area contributed by atoms with E-state index in [2.05, 4.69) is 26.1 Å². The predicted octanol–water partition coefficient (Wildman–Crippen LogP) is 1.91. The fourth-order valence-electron chi connectivity index (χ4n) is 2.88. The molecule has 0 saturated carbocycles. The van der Waals surface area contributed by atoms with Crippen LogP contribution in [-0.4, -0.2) is 33.2 Å². The highest BCUT2D eigenvalue weighted by Crippen LogP contribution is 2.22. The summed E-state index contributed by atoms with van der Waals surface area (Å²) in [6.07, 6.45) is 7.42. The average Bonchev–Trinajstić information content (AvgIpc) is 2.53. The van der Waals surface area contributed by atoms with Crippen LogP contribution in [0, 0.1) is 5.92 Å². The van der Waals surface area contributed by atoms with Gasteiger partial charge in [0.15, 0.2) is 0 Å². The Kier molecular flexibility index (Phi) is 4.40. The van der Waals surface area contributed by atoms with Gasteiger partial charge in [-0.2, -0.15) is 5.10 Å². The van der Waals surface area contributed by atoms with Gasteiger partial charge in [0.25, 0.3) is 0 Å².